The Hall–Kier alpha value is -0.790. The first-order chi connectivity index (χ1) is 5.79. The van der Waals surface area contributed by atoms with Gasteiger partial charge < -0.3 is 5.32 Å². The van der Waals surface area contributed by atoms with Crippen LogP contribution in [0.3, 0.4) is 0 Å². The minimum absolute atomic E-state index is 0.00690. The van der Waals surface area contributed by atoms with Crippen LogP contribution in [-0.2, 0) is 4.79 Å². The van der Waals surface area contributed by atoms with Gasteiger partial charge in [0.15, 0.2) is 0 Å². The van der Waals surface area contributed by atoms with Gasteiger partial charge in [-0.1, -0.05) is 13.0 Å². The molecule has 2 bridgehead atoms. The van der Waals surface area contributed by atoms with Crippen LogP contribution in [0.4, 0.5) is 0 Å². The van der Waals surface area contributed by atoms with Crippen molar-refractivity contribution in [2.24, 2.45) is 11.8 Å². The van der Waals surface area contributed by atoms with E-state index in [0.29, 0.717) is 6.04 Å². The average Bonchev–Trinajstić information content (AvgIpc) is 2.64. The molecule has 2 aliphatic rings. The second kappa shape index (κ2) is 2.92. The molecule has 2 rings (SSSR count). The van der Waals surface area contributed by atoms with E-state index in [1.54, 1.807) is 0 Å². The van der Waals surface area contributed by atoms with Gasteiger partial charge in [0, 0.05) is 6.04 Å². The van der Waals surface area contributed by atoms with Gasteiger partial charge in [-0.05, 0) is 37.2 Å². The third-order valence-electron chi connectivity index (χ3n) is 3.25. The topological polar surface area (TPSA) is 29.1 Å². The molecule has 66 valence electrons. The first-order valence-electron chi connectivity index (χ1n) is 4.72. The summed E-state index contributed by atoms with van der Waals surface area (Å²) in [6.45, 7) is 3.45. The zero-order valence-electron chi connectivity index (χ0n) is 7.25. The summed E-state index contributed by atoms with van der Waals surface area (Å²) >= 11 is 0. The number of fused-ring (bicyclic) bond motifs is 2. The molecule has 2 nitrogen and oxygen atoms in total. The minimum Gasteiger partial charge on any atom is -0.350 e. The Bertz CT molecular complexity index is 212. The molecule has 0 saturated heterocycles. The number of amides is 1. The lowest BCUT2D eigenvalue weighted by molar-refractivity contribution is -0.117. The van der Waals surface area contributed by atoms with Crippen LogP contribution in [0.25, 0.3) is 0 Å². The second-order valence-electron chi connectivity index (χ2n) is 3.99. The summed E-state index contributed by atoms with van der Waals surface area (Å²) in [5.74, 6) is 1.65. The Morgan fingerprint density at radius 1 is 1.42 bits per heavy atom. The molecule has 12 heavy (non-hydrogen) atoms. The predicted molar refractivity (Wildman–Crippen MR) is 47.6 cm³/mol. The number of hydrogen-bond donors (Lipinski definition) is 1. The average molecular weight is 165 g/mol. The van der Waals surface area contributed by atoms with E-state index in [2.05, 4.69) is 11.9 Å². The minimum atomic E-state index is -0.00690. The summed E-state index contributed by atoms with van der Waals surface area (Å²) in [5.41, 5.74) is 0. The van der Waals surface area contributed by atoms with E-state index in [-0.39, 0.29) is 5.91 Å². The van der Waals surface area contributed by atoms with E-state index in [0.717, 1.165) is 11.8 Å². The van der Waals surface area contributed by atoms with Crippen LogP contribution < -0.4 is 5.32 Å². The van der Waals surface area contributed by atoms with E-state index < -0.39 is 0 Å². The maximum absolute atomic E-state index is 11.0. The molecule has 0 spiro atoms. The van der Waals surface area contributed by atoms with Crippen molar-refractivity contribution in [3.05, 3.63) is 12.7 Å². The molecule has 0 radical (unpaired) electrons. The number of rotatable bonds is 2. The van der Waals surface area contributed by atoms with Crippen LogP contribution in [0.1, 0.15) is 25.7 Å². The highest BCUT2D eigenvalue weighted by Crippen LogP contribution is 2.44. The van der Waals surface area contributed by atoms with Crippen molar-refractivity contribution in [2.75, 3.05) is 0 Å². The van der Waals surface area contributed by atoms with Crippen LogP contribution in [0.15, 0.2) is 12.7 Å². The fourth-order valence-electron chi connectivity index (χ4n) is 2.66. The molecule has 0 aliphatic heterocycles. The van der Waals surface area contributed by atoms with Crippen molar-refractivity contribution in [1.29, 1.82) is 0 Å². The van der Waals surface area contributed by atoms with Gasteiger partial charge in [-0.2, -0.15) is 0 Å². The monoisotopic (exact) mass is 165 g/mol. The Balaban J connectivity index is 1.90. The fourth-order valence-corrected chi connectivity index (χ4v) is 2.66. The summed E-state index contributed by atoms with van der Waals surface area (Å²) in [6.07, 6.45) is 6.59. The van der Waals surface area contributed by atoms with Gasteiger partial charge in [0.25, 0.3) is 0 Å². The van der Waals surface area contributed by atoms with E-state index in [9.17, 15) is 4.79 Å². The molecule has 0 aromatic heterocycles. The molecule has 0 heterocycles. The maximum Gasteiger partial charge on any atom is 0.243 e. The van der Waals surface area contributed by atoms with Crippen molar-refractivity contribution < 1.29 is 4.79 Å². The van der Waals surface area contributed by atoms with Crippen LogP contribution in [0.2, 0.25) is 0 Å². The molecule has 1 N–H and O–H groups in total. The SMILES string of the molecule is C=CC(=O)NC1CC2CCC1C2. The molecular formula is C10H15NO. The summed E-state index contributed by atoms with van der Waals surface area (Å²) < 4.78 is 0. The highest BCUT2D eigenvalue weighted by molar-refractivity contribution is 5.87. The zero-order valence-corrected chi connectivity index (χ0v) is 7.25. The number of nitrogens with one attached hydrogen (secondary N) is 1. The smallest absolute Gasteiger partial charge is 0.243 e. The number of hydrogen-bond acceptors (Lipinski definition) is 1. The zero-order chi connectivity index (χ0) is 8.55. The quantitative estimate of drug-likeness (QED) is 0.617. The van der Waals surface area contributed by atoms with E-state index >= 15 is 0 Å². The highest BCUT2D eigenvalue weighted by atomic mass is 16.1. The number of carbonyl (C=O) groups is 1. The Morgan fingerprint density at radius 3 is 2.75 bits per heavy atom. The van der Waals surface area contributed by atoms with Gasteiger partial charge in [-0.25, -0.2) is 0 Å². The van der Waals surface area contributed by atoms with Crippen molar-refractivity contribution in [1.82, 2.24) is 5.32 Å². The molecule has 2 aliphatic carbocycles. The first kappa shape index (κ1) is 7.84. The predicted octanol–water partition coefficient (Wildman–Crippen LogP) is 1.48. The molecule has 0 aromatic rings. The molecule has 3 atom stereocenters. The van der Waals surface area contributed by atoms with Crippen molar-refractivity contribution in [3.8, 4) is 0 Å². The fraction of sp³-hybridized carbons (Fsp3) is 0.700. The molecule has 2 fully saturated rings. The van der Waals surface area contributed by atoms with Gasteiger partial charge in [-0.15, -0.1) is 0 Å². The summed E-state index contributed by atoms with van der Waals surface area (Å²) in [6, 6.07) is 0.453. The second-order valence-corrected chi connectivity index (χ2v) is 3.99. The van der Waals surface area contributed by atoms with Crippen LogP contribution in [0, 0.1) is 11.8 Å². The van der Waals surface area contributed by atoms with E-state index in [1.807, 2.05) is 0 Å². The Kier molecular flexibility index (Phi) is 1.91. The molecular weight excluding hydrogens is 150 g/mol. The number of carbonyl (C=O) groups excluding carboxylic acids is 1. The third-order valence-corrected chi connectivity index (χ3v) is 3.25. The molecule has 2 heteroatoms. The van der Waals surface area contributed by atoms with Crippen LogP contribution in [0.5, 0.6) is 0 Å². The molecule has 0 aromatic carbocycles. The van der Waals surface area contributed by atoms with Crippen molar-refractivity contribution in [3.63, 3.8) is 0 Å². The van der Waals surface area contributed by atoms with Gasteiger partial charge in [0.1, 0.15) is 0 Å². The van der Waals surface area contributed by atoms with Crippen molar-refractivity contribution in [2.45, 2.75) is 31.7 Å². The lowest BCUT2D eigenvalue weighted by atomic mass is 9.95. The highest BCUT2D eigenvalue weighted by Gasteiger charge is 2.39. The summed E-state index contributed by atoms with van der Waals surface area (Å²) in [5, 5.41) is 3.00. The van der Waals surface area contributed by atoms with Crippen molar-refractivity contribution >= 4 is 5.91 Å². The Morgan fingerprint density at radius 2 is 2.25 bits per heavy atom. The largest absolute Gasteiger partial charge is 0.350 e. The van der Waals surface area contributed by atoms with E-state index in [1.165, 1.54) is 31.8 Å². The van der Waals surface area contributed by atoms with E-state index in [4.69, 9.17) is 0 Å². The summed E-state index contributed by atoms with van der Waals surface area (Å²) in [7, 11) is 0. The first-order valence-corrected chi connectivity index (χ1v) is 4.72. The van der Waals surface area contributed by atoms with Gasteiger partial charge >= 0.3 is 0 Å². The maximum atomic E-state index is 11.0. The van der Waals surface area contributed by atoms with Crippen LogP contribution in [-0.4, -0.2) is 11.9 Å². The van der Waals surface area contributed by atoms with Gasteiger partial charge in [0.2, 0.25) is 5.91 Å². The third kappa shape index (κ3) is 1.26. The lowest BCUT2D eigenvalue weighted by Crippen LogP contribution is -2.37. The normalized spacial score (nSPS) is 38.2. The molecule has 3 unspecified atom stereocenters. The summed E-state index contributed by atoms with van der Waals surface area (Å²) in [4.78, 5) is 11.0. The van der Waals surface area contributed by atoms with Crippen LogP contribution >= 0.6 is 0 Å². The lowest BCUT2D eigenvalue weighted by Gasteiger charge is -2.21. The standard InChI is InChI=1S/C10H15NO/c1-2-10(12)11-9-6-7-3-4-8(9)5-7/h2,7-9H,1,3-6H2,(H,11,12). The van der Waals surface area contributed by atoms with Gasteiger partial charge in [-0.3, -0.25) is 4.79 Å². The Labute approximate surface area is 73.0 Å². The van der Waals surface area contributed by atoms with Gasteiger partial charge in [0.05, 0.1) is 0 Å². The molecule has 2 saturated carbocycles. The molecule has 1 amide bonds.